The maximum absolute atomic E-state index is 11.9. The molecule has 0 bridgehead atoms. The van der Waals surface area contributed by atoms with Crippen LogP contribution < -0.4 is 4.90 Å². The first-order chi connectivity index (χ1) is 9.04. The number of ether oxygens (including phenoxy) is 1. The molecule has 1 saturated heterocycles. The van der Waals surface area contributed by atoms with Gasteiger partial charge in [0.25, 0.3) is 0 Å². The number of methoxy groups -OCH3 is 1. The topological polar surface area (TPSA) is 96.8 Å². The van der Waals surface area contributed by atoms with Gasteiger partial charge in [-0.3, -0.25) is 14.6 Å². The third-order valence-corrected chi connectivity index (χ3v) is 2.98. The van der Waals surface area contributed by atoms with Gasteiger partial charge in [-0.05, 0) is 6.07 Å². The molecule has 1 aliphatic rings. The van der Waals surface area contributed by atoms with E-state index in [4.69, 9.17) is 5.11 Å². The molecular weight excluding hydrogens is 252 g/mol. The van der Waals surface area contributed by atoms with Crippen molar-refractivity contribution in [3.63, 3.8) is 0 Å². The molecular formula is C12H12N2O5. The highest BCUT2D eigenvalue weighted by Gasteiger charge is 2.37. The van der Waals surface area contributed by atoms with Crippen molar-refractivity contribution in [2.45, 2.75) is 6.42 Å². The van der Waals surface area contributed by atoms with Gasteiger partial charge in [0.15, 0.2) is 0 Å². The first-order valence-electron chi connectivity index (χ1n) is 5.60. The van der Waals surface area contributed by atoms with Gasteiger partial charge in [-0.2, -0.15) is 0 Å². The van der Waals surface area contributed by atoms with Gasteiger partial charge in [0.05, 0.1) is 18.7 Å². The minimum absolute atomic E-state index is 0.0219. The monoisotopic (exact) mass is 264 g/mol. The van der Waals surface area contributed by atoms with Crippen LogP contribution >= 0.6 is 0 Å². The Kier molecular flexibility index (Phi) is 3.46. The van der Waals surface area contributed by atoms with E-state index in [1.807, 2.05) is 0 Å². The number of aromatic carboxylic acids is 1. The molecule has 0 aliphatic carbocycles. The van der Waals surface area contributed by atoms with E-state index in [1.165, 1.54) is 30.5 Å². The molecule has 2 heterocycles. The zero-order chi connectivity index (χ0) is 14.0. The highest BCUT2D eigenvalue weighted by atomic mass is 16.5. The molecule has 1 aromatic rings. The molecule has 7 nitrogen and oxygen atoms in total. The molecule has 0 aromatic carbocycles. The van der Waals surface area contributed by atoms with Crippen molar-refractivity contribution in [1.29, 1.82) is 0 Å². The number of nitrogens with zero attached hydrogens (tertiary/aromatic N) is 2. The third-order valence-electron chi connectivity index (χ3n) is 2.98. The van der Waals surface area contributed by atoms with Crippen LogP contribution in [-0.2, 0) is 14.3 Å². The Balaban J connectivity index is 2.31. The van der Waals surface area contributed by atoms with Crippen LogP contribution in [0.25, 0.3) is 0 Å². The first-order valence-corrected chi connectivity index (χ1v) is 5.60. The van der Waals surface area contributed by atoms with Crippen LogP contribution in [0.5, 0.6) is 0 Å². The summed E-state index contributed by atoms with van der Waals surface area (Å²) in [5, 5.41) is 9.06. The molecule has 0 spiro atoms. The number of amides is 1. The van der Waals surface area contributed by atoms with Gasteiger partial charge in [0.1, 0.15) is 5.56 Å². The number of carboxylic acid groups (broad SMARTS) is 1. The molecule has 1 atom stereocenters. The second-order valence-corrected chi connectivity index (χ2v) is 4.13. The smallest absolute Gasteiger partial charge is 0.339 e. The summed E-state index contributed by atoms with van der Waals surface area (Å²) in [4.78, 5) is 39.4. The molecule has 0 saturated carbocycles. The Labute approximate surface area is 108 Å². The van der Waals surface area contributed by atoms with Crippen LogP contribution in [0.15, 0.2) is 18.5 Å². The molecule has 1 amide bonds. The van der Waals surface area contributed by atoms with Gasteiger partial charge in [-0.25, -0.2) is 4.79 Å². The molecule has 7 heteroatoms. The number of carbonyl (C=O) groups excluding carboxylic acids is 2. The summed E-state index contributed by atoms with van der Waals surface area (Å²) in [5.74, 6) is -2.50. The van der Waals surface area contributed by atoms with E-state index >= 15 is 0 Å². The molecule has 1 aliphatic heterocycles. The van der Waals surface area contributed by atoms with Crippen molar-refractivity contribution < 1.29 is 24.2 Å². The normalized spacial score (nSPS) is 18.5. The van der Waals surface area contributed by atoms with Crippen molar-refractivity contribution >= 4 is 23.5 Å². The summed E-state index contributed by atoms with van der Waals surface area (Å²) >= 11 is 0. The molecule has 1 unspecified atom stereocenters. The van der Waals surface area contributed by atoms with Crippen LogP contribution in [0.4, 0.5) is 5.69 Å². The molecule has 0 radical (unpaired) electrons. The summed E-state index contributed by atoms with van der Waals surface area (Å²) in [6.07, 6.45) is 2.60. The Hall–Kier alpha value is -2.44. The fourth-order valence-corrected chi connectivity index (χ4v) is 2.05. The van der Waals surface area contributed by atoms with Crippen LogP contribution in [-0.4, -0.2) is 41.6 Å². The lowest BCUT2D eigenvalue weighted by Gasteiger charge is -2.18. The summed E-state index contributed by atoms with van der Waals surface area (Å²) in [7, 11) is 1.25. The average Bonchev–Trinajstić information content (AvgIpc) is 2.79. The van der Waals surface area contributed by atoms with Gasteiger partial charge in [-0.15, -0.1) is 0 Å². The number of anilines is 1. The lowest BCUT2D eigenvalue weighted by atomic mass is 10.1. The van der Waals surface area contributed by atoms with Crippen molar-refractivity contribution in [3.05, 3.63) is 24.0 Å². The largest absolute Gasteiger partial charge is 0.478 e. The van der Waals surface area contributed by atoms with E-state index in [0.29, 0.717) is 0 Å². The number of aromatic nitrogens is 1. The van der Waals surface area contributed by atoms with Crippen LogP contribution in [0, 0.1) is 5.92 Å². The van der Waals surface area contributed by atoms with E-state index in [0.717, 1.165) is 0 Å². The summed E-state index contributed by atoms with van der Waals surface area (Å²) in [6.45, 7) is 0.121. The molecule has 2 rings (SSSR count). The highest BCUT2D eigenvalue weighted by Crippen LogP contribution is 2.28. The minimum atomic E-state index is -1.17. The van der Waals surface area contributed by atoms with Crippen LogP contribution in [0.2, 0.25) is 0 Å². The van der Waals surface area contributed by atoms with Crippen LogP contribution in [0.1, 0.15) is 16.8 Å². The molecule has 1 aromatic heterocycles. The fraction of sp³-hybridized carbons (Fsp3) is 0.333. The summed E-state index contributed by atoms with van der Waals surface area (Å²) < 4.78 is 4.60. The van der Waals surface area contributed by atoms with E-state index in [1.54, 1.807) is 0 Å². The van der Waals surface area contributed by atoms with Gasteiger partial charge >= 0.3 is 11.9 Å². The Morgan fingerprint density at radius 2 is 2.26 bits per heavy atom. The van der Waals surface area contributed by atoms with Gasteiger partial charge < -0.3 is 14.7 Å². The molecule has 1 fully saturated rings. The second-order valence-electron chi connectivity index (χ2n) is 4.13. The first kappa shape index (κ1) is 13.0. The highest BCUT2D eigenvalue weighted by molar-refractivity contribution is 6.04. The Bertz CT molecular complexity index is 543. The van der Waals surface area contributed by atoms with E-state index in [9.17, 15) is 14.4 Å². The minimum Gasteiger partial charge on any atom is -0.478 e. The van der Waals surface area contributed by atoms with Crippen molar-refractivity contribution in [2.75, 3.05) is 18.6 Å². The molecule has 1 N–H and O–H groups in total. The number of carboxylic acids is 1. The maximum Gasteiger partial charge on any atom is 0.339 e. The number of hydrogen-bond donors (Lipinski definition) is 1. The number of hydrogen-bond acceptors (Lipinski definition) is 5. The summed E-state index contributed by atoms with van der Waals surface area (Å²) in [6, 6.07) is 1.45. The lowest BCUT2D eigenvalue weighted by molar-refractivity contribution is -0.145. The standard InChI is InChI=1S/C12H12N2O5/c1-19-12(18)7-4-10(15)14(6-7)9-2-3-13-5-8(9)11(16)17/h2-3,5,7H,4,6H2,1H3,(H,16,17). The lowest BCUT2D eigenvalue weighted by Crippen LogP contribution is -2.27. The quantitative estimate of drug-likeness (QED) is 0.789. The summed E-state index contributed by atoms with van der Waals surface area (Å²) in [5.41, 5.74) is 0.181. The number of esters is 1. The predicted molar refractivity (Wildman–Crippen MR) is 63.7 cm³/mol. The Morgan fingerprint density at radius 1 is 1.53 bits per heavy atom. The second kappa shape index (κ2) is 5.05. The number of carbonyl (C=O) groups is 3. The van der Waals surface area contributed by atoms with Gasteiger partial charge in [0.2, 0.25) is 5.91 Å². The predicted octanol–water partition coefficient (Wildman–Crippen LogP) is 0.306. The number of pyridine rings is 1. The maximum atomic E-state index is 11.9. The average molecular weight is 264 g/mol. The SMILES string of the molecule is COC(=O)C1CC(=O)N(c2ccncc2C(=O)O)C1. The molecule has 100 valence electrons. The zero-order valence-electron chi connectivity index (χ0n) is 10.2. The van der Waals surface area contributed by atoms with Gasteiger partial charge in [-0.1, -0.05) is 0 Å². The fourth-order valence-electron chi connectivity index (χ4n) is 2.05. The van der Waals surface area contributed by atoms with Crippen LogP contribution in [0.3, 0.4) is 0 Å². The third kappa shape index (κ3) is 2.40. The molecule has 19 heavy (non-hydrogen) atoms. The Morgan fingerprint density at radius 3 is 2.89 bits per heavy atom. The van der Waals surface area contributed by atoms with E-state index < -0.39 is 17.9 Å². The van der Waals surface area contributed by atoms with Gasteiger partial charge in [0, 0.05) is 25.4 Å². The zero-order valence-corrected chi connectivity index (χ0v) is 10.2. The van der Waals surface area contributed by atoms with Crippen molar-refractivity contribution in [3.8, 4) is 0 Å². The van der Waals surface area contributed by atoms with Crippen molar-refractivity contribution in [2.24, 2.45) is 5.92 Å². The van der Waals surface area contributed by atoms with E-state index in [-0.39, 0.29) is 30.1 Å². The van der Waals surface area contributed by atoms with Crippen molar-refractivity contribution in [1.82, 2.24) is 4.98 Å². The van der Waals surface area contributed by atoms with E-state index in [2.05, 4.69) is 9.72 Å². The number of rotatable bonds is 3.